The monoisotopic (exact) mass is 259 g/mol. The van der Waals surface area contributed by atoms with Gasteiger partial charge in [0.2, 0.25) is 11.8 Å². The third kappa shape index (κ3) is 1.86. The lowest BCUT2D eigenvalue weighted by Crippen LogP contribution is -2.23. The Bertz CT molecular complexity index is 486. The lowest BCUT2D eigenvalue weighted by atomic mass is 9.85. The third-order valence-corrected chi connectivity index (χ3v) is 4.43. The molecule has 18 heavy (non-hydrogen) atoms. The second-order valence-electron chi connectivity index (χ2n) is 4.53. The van der Waals surface area contributed by atoms with Gasteiger partial charge in [0.25, 0.3) is 0 Å². The molecule has 1 saturated heterocycles. The van der Waals surface area contributed by atoms with Crippen LogP contribution in [0.3, 0.4) is 0 Å². The van der Waals surface area contributed by atoms with E-state index >= 15 is 0 Å². The molecule has 1 aromatic rings. The van der Waals surface area contributed by atoms with Gasteiger partial charge in [-0.15, -0.1) is 0 Å². The summed E-state index contributed by atoms with van der Waals surface area (Å²) in [6.07, 6.45) is 5.40. The van der Waals surface area contributed by atoms with E-state index in [1.165, 1.54) is 16.3 Å². The van der Waals surface area contributed by atoms with Gasteiger partial charge in [0.1, 0.15) is 0 Å². The predicted octanol–water partition coefficient (Wildman–Crippen LogP) is 2.64. The number of hydrogen-bond donors (Lipinski definition) is 0. The van der Waals surface area contributed by atoms with E-state index in [0.29, 0.717) is 12.8 Å². The van der Waals surface area contributed by atoms with Crippen LogP contribution in [0, 0.1) is 11.8 Å². The van der Waals surface area contributed by atoms with Crippen molar-refractivity contribution in [3.05, 3.63) is 42.5 Å². The van der Waals surface area contributed by atoms with E-state index in [1.54, 1.807) is 0 Å². The van der Waals surface area contributed by atoms with E-state index in [-0.39, 0.29) is 23.7 Å². The Morgan fingerprint density at radius 1 is 0.944 bits per heavy atom. The van der Waals surface area contributed by atoms with Crippen molar-refractivity contribution in [1.82, 2.24) is 4.31 Å². The van der Waals surface area contributed by atoms with Gasteiger partial charge < -0.3 is 0 Å². The number of carbonyl (C=O) groups is 2. The second-order valence-corrected chi connectivity index (χ2v) is 5.55. The molecular formula is C14H13NO2S. The summed E-state index contributed by atoms with van der Waals surface area (Å²) in [5.41, 5.74) is 0. The first-order valence-electron chi connectivity index (χ1n) is 6.03. The van der Waals surface area contributed by atoms with Gasteiger partial charge in [0.15, 0.2) is 0 Å². The number of allylic oxidation sites excluding steroid dienone is 2. The minimum Gasteiger partial charge on any atom is -0.273 e. The van der Waals surface area contributed by atoms with Gasteiger partial charge in [-0.05, 0) is 36.9 Å². The zero-order chi connectivity index (χ0) is 12.5. The number of rotatable bonds is 2. The molecule has 1 fully saturated rings. The highest BCUT2D eigenvalue weighted by molar-refractivity contribution is 7.98. The normalized spacial score (nSPS) is 26.6. The van der Waals surface area contributed by atoms with Gasteiger partial charge in [-0.3, -0.25) is 9.59 Å². The van der Waals surface area contributed by atoms with Crippen molar-refractivity contribution in [2.24, 2.45) is 11.8 Å². The molecular weight excluding hydrogens is 246 g/mol. The number of amides is 2. The van der Waals surface area contributed by atoms with Crippen LogP contribution in [0.4, 0.5) is 0 Å². The lowest BCUT2D eigenvalue weighted by Gasteiger charge is -2.14. The fourth-order valence-electron chi connectivity index (χ4n) is 2.45. The molecule has 0 radical (unpaired) electrons. The molecule has 2 unspecified atom stereocenters. The van der Waals surface area contributed by atoms with Gasteiger partial charge >= 0.3 is 0 Å². The summed E-state index contributed by atoms with van der Waals surface area (Å²) >= 11 is 1.24. The SMILES string of the molecule is O=C1C2CC=CCC2C(=O)N1Sc1ccccc1. The van der Waals surface area contributed by atoms with E-state index in [2.05, 4.69) is 0 Å². The third-order valence-electron chi connectivity index (χ3n) is 3.41. The lowest BCUT2D eigenvalue weighted by molar-refractivity contribution is -0.133. The molecule has 2 amide bonds. The average molecular weight is 259 g/mol. The van der Waals surface area contributed by atoms with E-state index in [0.717, 1.165) is 4.90 Å². The van der Waals surface area contributed by atoms with Crippen LogP contribution in [0.1, 0.15) is 12.8 Å². The van der Waals surface area contributed by atoms with Gasteiger partial charge in [-0.25, -0.2) is 4.31 Å². The van der Waals surface area contributed by atoms with Gasteiger partial charge in [0.05, 0.1) is 11.8 Å². The van der Waals surface area contributed by atoms with Crippen LogP contribution in [0.5, 0.6) is 0 Å². The highest BCUT2D eigenvalue weighted by Crippen LogP contribution is 2.40. The number of carbonyl (C=O) groups excluding carboxylic acids is 2. The number of benzene rings is 1. The molecule has 2 aliphatic rings. The van der Waals surface area contributed by atoms with Crippen LogP contribution >= 0.6 is 11.9 Å². The minimum absolute atomic E-state index is 0.0387. The fourth-order valence-corrected chi connectivity index (χ4v) is 3.39. The summed E-state index contributed by atoms with van der Waals surface area (Å²) in [6, 6.07) is 9.54. The summed E-state index contributed by atoms with van der Waals surface area (Å²) in [5, 5.41) is 0. The molecule has 1 aromatic carbocycles. The Hall–Kier alpha value is -1.55. The molecule has 0 aromatic heterocycles. The number of nitrogens with zero attached hydrogens (tertiary/aromatic N) is 1. The molecule has 4 heteroatoms. The Kier molecular flexibility index (Phi) is 2.96. The number of hydrogen-bond acceptors (Lipinski definition) is 3. The van der Waals surface area contributed by atoms with Gasteiger partial charge in [-0.2, -0.15) is 0 Å². The summed E-state index contributed by atoms with van der Waals surface area (Å²) in [7, 11) is 0. The summed E-state index contributed by atoms with van der Waals surface area (Å²) in [6.45, 7) is 0. The van der Waals surface area contributed by atoms with E-state index in [1.807, 2.05) is 42.5 Å². The van der Waals surface area contributed by atoms with Crippen LogP contribution in [0.15, 0.2) is 47.4 Å². The Morgan fingerprint density at radius 3 is 2.06 bits per heavy atom. The highest BCUT2D eigenvalue weighted by Gasteiger charge is 2.47. The molecule has 3 nitrogen and oxygen atoms in total. The molecule has 2 atom stereocenters. The largest absolute Gasteiger partial charge is 0.273 e. The van der Waals surface area contributed by atoms with Crippen LogP contribution in [0.2, 0.25) is 0 Å². The van der Waals surface area contributed by atoms with E-state index < -0.39 is 0 Å². The van der Waals surface area contributed by atoms with Crippen molar-refractivity contribution >= 4 is 23.8 Å². The molecule has 3 rings (SSSR count). The summed E-state index contributed by atoms with van der Waals surface area (Å²) < 4.78 is 1.34. The first-order valence-corrected chi connectivity index (χ1v) is 6.80. The first kappa shape index (κ1) is 11.5. The average Bonchev–Trinajstić information content (AvgIpc) is 2.66. The van der Waals surface area contributed by atoms with Crippen molar-refractivity contribution in [2.45, 2.75) is 17.7 Å². The Balaban J connectivity index is 1.82. The second kappa shape index (κ2) is 4.61. The molecule has 0 saturated carbocycles. The highest BCUT2D eigenvalue weighted by atomic mass is 32.2. The molecule has 1 heterocycles. The molecule has 0 spiro atoms. The Morgan fingerprint density at radius 2 is 1.50 bits per heavy atom. The summed E-state index contributed by atoms with van der Waals surface area (Å²) in [5.74, 6) is -0.358. The summed E-state index contributed by atoms with van der Waals surface area (Å²) in [4.78, 5) is 25.3. The van der Waals surface area contributed by atoms with E-state index in [4.69, 9.17) is 0 Å². The molecule has 92 valence electrons. The Labute approximate surface area is 110 Å². The van der Waals surface area contributed by atoms with E-state index in [9.17, 15) is 9.59 Å². The van der Waals surface area contributed by atoms with Crippen molar-refractivity contribution in [3.63, 3.8) is 0 Å². The van der Waals surface area contributed by atoms with Crippen molar-refractivity contribution in [1.29, 1.82) is 0 Å². The quantitative estimate of drug-likeness (QED) is 0.465. The van der Waals surface area contributed by atoms with Crippen LogP contribution in [0.25, 0.3) is 0 Å². The van der Waals surface area contributed by atoms with Gasteiger partial charge in [-0.1, -0.05) is 30.4 Å². The fraction of sp³-hybridized carbons (Fsp3) is 0.286. The molecule has 0 bridgehead atoms. The topological polar surface area (TPSA) is 37.4 Å². The molecule has 0 N–H and O–H groups in total. The van der Waals surface area contributed by atoms with Crippen molar-refractivity contribution in [3.8, 4) is 0 Å². The standard InChI is InChI=1S/C14H13NO2S/c16-13-11-8-4-5-9-12(11)14(17)15(13)18-10-6-2-1-3-7-10/h1-7,11-12H,8-9H2. The smallest absolute Gasteiger partial charge is 0.243 e. The number of fused-ring (bicyclic) bond motifs is 1. The van der Waals surface area contributed by atoms with Crippen molar-refractivity contribution < 1.29 is 9.59 Å². The van der Waals surface area contributed by atoms with Crippen LogP contribution < -0.4 is 0 Å². The molecule has 1 aliphatic carbocycles. The maximum absolute atomic E-state index is 12.2. The maximum Gasteiger partial charge on any atom is 0.243 e. The zero-order valence-corrected chi connectivity index (χ0v) is 10.6. The van der Waals surface area contributed by atoms with Crippen molar-refractivity contribution in [2.75, 3.05) is 0 Å². The van der Waals surface area contributed by atoms with Crippen LogP contribution in [-0.2, 0) is 9.59 Å². The number of imide groups is 1. The maximum atomic E-state index is 12.2. The first-order chi connectivity index (χ1) is 8.77. The van der Waals surface area contributed by atoms with Gasteiger partial charge in [0, 0.05) is 4.90 Å². The van der Waals surface area contributed by atoms with Crippen LogP contribution in [-0.4, -0.2) is 16.1 Å². The predicted molar refractivity (Wildman–Crippen MR) is 69.5 cm³/mol. The molecule has 1 aliphatic heterocycles. The zero-order valence-electron chi connectivity index (χ0n) is 9.78. The minimum atomic E-state index is -0.140.